The SMILES string of the molecule is CC(C)(C)NC(c1cccc2[nH]cnc12)c1c2ccccc2nn1-c1cncc2ccccc12. The van der Waals surface area contributed by atoms with Gasteiger partial charge in [0.1, 0.15) is 0 Å². The normalized spacial score (nSPS) is 13.1. The van der Waals surface area contributed by atoms with Gasteiger partial charge >= 0.3 is 0 Å². The van der Waals surface area contributed by atoms with Crippen LogP contribution in [0.3, 0.4) is 0 Å². The molecule has 6 heteroatoms. The molecule has 2 N–H and O–H groups in total. The maximum Gasteiger partial charge on any atom is 0.0934 e. The van der Waals surface area contributed by atoms with Gasteiger partial charge in [-0.3, -0.25) is 4.98 Å². The molecule has 0 spiro atoms. The van der Waals surface area contributed by atoms with E-state index in [0.717, 1.165) is 49.7 Å². The van der Waals surface area contributed by atoms with Crippen LogP contribution >= 0.6 is 0 Å². The highest BCUT2D eigenvalue weighted by molar-refractivity contribution is 5.91. The highest BCUT2D eigenvalue weighted by Gasteiger charge is 2.29. The Labute approximate surface area is 197 Å². The summed E-state index contributed by atoms with van der Waals surface area (Å²) in [5, 5.41) is 12.3. The number of imidazole rings is 1. The monoisotopic (exact) mass is 446 g/mol. The predicted molar refractivity (Wildman–Crippen MR) is 137 cm³/mol. The van der Waals surface area contributed by atoms with E-state index in [-0.39, 0.29) is 11.6 Å². The molecule has 0 saturated heterocycles. The first-order valence-electron chi connectivity index (χ1n) is 11.5. The number of nitrogens with zero attached hydrogens (tertiary/aromatic N) is 4. The largest absolute Gasteiger partial charge is 0.345 e. The lowest BCUT2D eigenvalue weighted by molar-refractivity contribution is 0.386. The van der Waals surface area contributed by atoms with Crippen LogP contribution in [-0.4, -0.2) is 30.3 Å². The summed E-state index contributed by atoms with van der Waals surface area (Å²) in [6, 6.07) is 22.8. The minimum Gasteiger partial charge on any atom is -0.345 e. The second-order valence-electron chi connectivity index (χ2n) is 9.67. The van der Waals surface area contributed by atoms with Crippen molar-refractivity contribution in [1.29, 1.82) is 0 Å². The molecule has 0 bridgehead atoms. The Morgan fingerprint density at radius 2 is 1.68 bits per heavy atom. The van der Waals surface area contributed by atoms with Crippen LogP contribution in [-0.2, 0) is 0 Å². The van der Waals surface area contributed by atoms with Crippen LogP contribution in [0.4, 0.5) is 0 Å². The van der Waals surface area contributed by atoms with Crippen molar-refractivity contribution in [2.75, 3.05) is 0 Å². The fourth-order valence-corrected chi connectivity index (χ4v) is 4.73. The number of aromatic amines is 1. The number of hydrogen-bond acceptors (Lipinski definition) is 4. The number of H-pyrrole nitrogens is 1. The summed E-state index contributed by atoms with van der Waals surface area (Å²) < 4.78 is 2.06. The molecule has 3 heterocycles. The average molecular weight is 447 g/mol. The third-order valence-corrected chi connectivity index (χ3v) is 6.13. The summed E-state index contributed by atoms with van der Waals surface area (Å²) in [6.45, 7) is 6.56. The predicted octanol–water partition coefficient (Wildman–Crippen LogP) is 5.93. The topological polar surface area (TPSA) is 71.4 Å². The van der Waals surface area contributed by atoms with E-state index in [1.54, 1.807) is 6.33 Å². The van der Waals surface area contributed by atoms with Gasteiger partial charge in [-0.05, 0) is 32.9 Å². The molecule has 1 atom stereocenters. The van der Waals surface area contributed by atoms with Crippen molar-refractivity contribution >= 4 is 32.7 Å². The highest BCUT2D eigenvalue weighted by Crippen LogP contribution is 2.36. The lowest BCUT2D eigenvalue weighted by Crippen LogP contribution is -2.40. The van der Waals surface area contributed by atoms with E-state index >= 15 is 0 Å². The molecule has 0 aliphatic rings. The minimum absolute atomic E-state index is 0.154. The third-order valence-electron chi connectivity index (χ3n) is 6.13. The fraction of sp³-hybridized carbons (Fsp3) is 0.179. The number of fused-ring (bicyclic) bond motifs is 3. The van der Waals surface area contributed by atoms with Gasteiger partial charge in [0.2, 0.25) is 0 Å². The minimum atomic E-state index is -0.156. The molecule has 1 unspecified atom stereocenters. The Morgan fingerprint density at radius 1 is 0.882 bits per heavy atom. The molecule has 168 valence electrons. The molecule has 0 saturated carbocycles. The molecule has 0 aliphatic heterocycles. The molecule has 6 nitrogen and oxygen atoms in total. The number of hydrogen-bond donors (Lipinski definition) is 2. The summed E-state index contributed by atoms with van der Waals surface area (Å²) in [4.78, 5) is 12.5. The zero-order chi connectivity index (χ0) is 23.3. The van der Waals surface area contributed by atoms with Crippen molar-refractivity contribution < 1.29 is 0 Å². The van der Waals surface area contributed by atoms with Crippen molar-refractivity contribution in [3.05, 3.63) is 96.7 Å². The standard InChI is InChI=1S/C28H26N6/c1-28(2,3)32-26(21-12-8-14-23-25(21)31-17-30-23)27-20-11-6-7-13-22(20)33-34(27)24-16-29-15-18-9-4-5-10-19(18)24/h4-17,26,32H,1-3H3,(H,30,31). The van der Waals surface area contributed by atoms with E-state index < -0.39 is 0 Å². The second-order valence-corrected chi connectivity index (χ2v) is 9.67. The quantitative estimate of drug-likeness (QED) is 0.352. The molecule has 3 aromatic carbocycles. The van der Waals surface area contributed by atoms with Gasteiger partial charge in [-0.15, -0.1) is 0 Å². The van der Waals surface area contributed by atoms with Crippen LogP contribution in [0.5, 0.6) is 0 Å². The molecular weight excluding hydrogens is 420 g/mol. The number of aromatic nitrogens is 5. The lowest BCUT2D eigenvalue weighted by atomic mass is 9.95. The summed E-state index contributed by atoms with van der Waals surface area (Å²) in [7, 11) is 0. The third kappa shape index (κ3) is 3.43. The van der Waals surface area contributed by atoms with Crippen molar-refractivity contribution in [2.24, 2.45) is 0 Å². The number of benzene rings is 3. The number of para-hydroxylation sites is 1. The lowest BCUT2D eigenvalue weighted by Gasteiger charge is -2.30. The second kappa shape index (κ2) is 7.78. The molecule has 0 amide bonds. The van der Waals surface area contributed by atoms with Crippen molar-refractivity contribution in [1.82, 2.24) is 30.0 Å². The molecule has 6 aromatic rings. The summed E-state index contributed by atoms with van der Waals surface area (Å²) in [5.41, 5.74) is 5.89. The van der Waals surface area contributed by atoms with Gasteiger partial charge < -0.3 is 10.3 Å². The molecule has 3 aromatic heterocycles. The van der Waals surface area contributed by atoms with Crippen molar-refractivity contribution in [3.63, 3.8) is 0 Å². The number of nitrogens with one attached hydrogen (secondary N) is 2. The van der Waals surface area contributed by atoms with Gasteiger partial charge in [0.15, 0.2) is 0 Å². The van der Waals surface area contributed by atoms with Gasteiger partial charge in [-0.2, -0.15) is 5.10 Å². The average Bonchev–Trinajstić information content (AvgIpc) is 3.46. The maximum absolute atomic E-state index is 5.09. The molecule has 0 aliphatic carbocycles. The van der Waals surface area contributed by atoms with Gasteiger partial charge in [0, 0.05) is 33.5 Å². The Kier molecular flexibility index (Phi) is 4.71. The molecule has 0 fully saturated rings. The van der Waals surface area contributed by atoms with Crippen LogP contribution in [0.1, 0.15) is 38.1 Å². The molecule has 6 rings (SSSR count). The number of pyridine rings is 1. The van der Waals surface area contributed by atoms with Crippen LogP contribution in [0, 0.1) is 0 Å². The van der Waals surface area contributed by atoms with Crippen LogP contribution < -0.4 is 5.32 Å². The summed E-state index contributed by atoms with van der Waals surface area (Å²) >= 11 is 0. The first-order valence-corrected chi connectivity index (χ1v) is 11.5. The Morgan fingerprint density at radius 3 is 2.53 bits per heavy atom. The van der Waals surface area contributed by atoms with E-state index in [0.29, 0.717) is 0 Å². The molecule has 0 radical (unpaired) electrons. The highest BCUT2D eigenvalue weighted by atomic mass is 15.3. The van der Waals surface area contributed by atoms with Crippen molar-refractivity contribution in [3.8, 4) is 5.69 Å². The summed E-state index contributed by atoms with van der Waals surface area (Å²) in [6.07, 6.45) is 5.56. The first-order chi connectivity index (χ1) is 16.5. The molecular formula is C28H26N6. The van der Waals surface area contributed by atoms with Crippen molar-refractivity contribution in [2.45, 2.75) is 32.4 Å². The van der Waals surface area contributed by atoms with E-state index in [4.69, 9.17) is 5.10 Å². The van der Waals surface area contributed by atoms with E-state index in [2.05, 4.69) is 100 Å². The van der Waals surface area contributed by atoms with Gasteiger partial charge in [-0.25, -0.2) is 9.67 Å². The zero-order valence-corrected chi connectivity index (χ0v) is 19.4. The van der Waals surface area contributed by atoms with Crippen LogP contribution in [0.25, 0.3) is 38.4 Å². The Balaban J connectivity index is 1.70. The summed E-state index contributed by atoms with van der Waals surface area (Å²) in [5.74, 6) is 0. The van der Waals surface area contributed by atoms with E-state index in [1.165, 1.54) is 0 Å². The van der Waals surface area contributed by atoms with E-state index in [9.17, 15) is 0 Å². The smallest absolute Gasteiger partial charge is 0.0934 e. The van der Waals surface area contributed by atoms with E-state index in [1.807, 2.05) is 24.5 Å². The fourth-order valence-electron chi connectivity index (χ4n) is 4.73. The van der Waals surface area contributed by atoms with Crippen LogP contribution in [0.15, 0.2) is 85.5 Å². The maximum atomic E-state index is 5.09. The van der Waals surface area contributed by atoms with Crippen LogP contribution in [0.2, 0.25) is 0 Å². The zero-order valence-electron chi connectivity index (χ0n) is 19.4. The van der Waals surface area contributed by atoms with Gasteiger partial charge in [0.05, 0.1) is 46.5 Å². The Bertz CT molecular complexity index is 1630. The number of rotatable bonds is 4. The van der Waals surface area contributed by atoms with Gasteiger partial charge in [-0.1, -0.05) is 54.6 Å². The first kappa shape index (κ1) is 20.6. The van der Waals surface area contributed by atoms with Gasteiger partial charge in [0.25, 0.3) is 0 Å². The molecule has 34 heavy (non-hydrogen) atoms. The Hall–Kier alpha value is -4.03.